The maximum absolute atomic E-state index is 13.2. The second kappa shape index (κ2) is 5.74. The molecule has 2 aromatic carbocycles. The fourth-order valence-corrected chi connectivity index (χ4v) is 2.42. The summed E-state index contributed by atoms with van der Waals surface area (Å²) >= 11 is 3.42. The van der Waals surface area contributed by atoms with E-state index in [4.69, 9.17) is 0 Å². The Kier molecular flexibility index (Phi) is 4.25. The minimum atomic E-state index is -0.234. The normalized spacial score (nSPS) is 10.6. The number of nitrogens with one attached hydrogen (secondary N) is 1. The molecule has 0 radical (unpaired) electrons. The predicted molar refractivity (Wildman–Crippen MR) is 82.1 cm³/mol. The van der Waals surface area contributed by atoms with Gasteiger partial charge >= 0.3 is 0 Å². The van der Waals surface area contributed by atoms with Crippen molar-refractivity contribution >= 4 is 21.6 Å². The molecule has 19 heavy (non-hydrogen) atoms. The van der Waals surface area contributed by atoms with E-state index in [1.165, 1.54) is 34.4 Å². The second-order valence-corrected chi connectivity index (χ2v) is 5.70. The number of hydrogen-bond acceptors (Lipinski definition) is 1. The zero-order valence-electron chi connectivity index (χ0n) is 11.3. The van der Waals surface area contributed by atoms with Crippen LogP contribution < -0.4 is 5.32 Å². The van der Waals surface area contributed by atoms with Gasteiger partial charge in [-0.15, -0.1) is 0 Å². The van der Waals surface area contributed by atoms with Gasteiger partial charge in [0.15, 0.2) is 0 Å². The SMILES string of the molecule is Cc1cc(C)c(CNc2cc(F)ccc2Br)cc1C. The van der Waals surface area contributed by atoms with Gasteiger partial charge in [0.1, 0.15) is 5.82 Å². The van der Waals surface area contributed by atoms with Crippen LogP contribution in [0.1, 0.15) is 22.3 Å². The molecule has 0 atom stereocenters. The molecule has 2 aromatic rings. The highest BCUT2D eigenvalue weighted by Gasteiger charge is 2.04. The highest BCUT2D eigenvalue weighted by molar-refractivity contribution is 9.10. The van der Waals surface area contributed by atoms with Crippen molar-refractivity contribution in [2.75, 3.05) is 5.32 Å². The molecule has 2 rings (SSSR count). The van der Waals surface area contributed by atoms with E-state index in [9.17, 15) is 4.39 Å². The van der Waals surface area contributed by atoms with Gasteiger partial charge < -0.3 is 5.32 Å². The van der Waals surface area contributed by atoms with E-state index in [2.05, 4.69) is 54.2 Å². The van der Waals surface area contributed by atoms with Crippen molar-refractivity contribution in [1.29, 1.82) is 0 Å². The number of hydrogen-bond donors (Lipinski definition) is 1. The molecule has 0 aliphatic rings. The van der Waals surface area contributed by atoms with Crippen LogP contribution in [0.15, 0.2) is 34.8 Å². The number of anilines is 1. The smallest absolute Gasteiger partial charge is 0.125 e. The van der Waals surface area contributed by atoms with E-state index in [-0.39, 0.29) is 5.82 Å². The van der Waals surface area contributed by atoms with Gasteiger partial charge in [0.2, 0.25) is 0 Å². The minimum absolute atomic E-state index is 0.234. The van der Waals surface area contributed by atoms with Gasteiger partial charge in [-0.3, -0.25) is 0 Å². The molecule has 0 aromatic heterocycles. The maximum atomic E-state index is 13.2. The molecule has 0 unspecified atom stereocenters. The van der Waals surface area contributed by atoms with E-state index in [1.54, 1.807) is 6.07 Å². The van der Waals surface area contributed by atoms with Gasteiger partial charge in [0, 0.05) is 11.0 Å². The van der Waals surface area contributed by atoms with Crippen molar-refractivity contribution in [1.82, 2.24) is 0 Å². The molecule has 0 heterocycles. The lowest BCUT2D eigenvalue weighted by molar-refractivity contribution is 0.628. The van der Waals surface area contributed by atoms with Crippen molar-refractivity contribution in [3.8, 4) is 0 Å². The standard InChI is InChI=1S/C16H17BrFN/c1-10-6-12(3)13(7-11(10)2)9-19-16-8-14(18)4-5-15(16)17/h4-8,19H,9H2,1-3H3. The summed E-state index contributed by atoms with van der Waals surface area (Å²) in [5.41, 5.74) is 5.84. The van der Waals surface area contributed by atoms with E-state index in [0.717, 1.165) is 10.2 Å². The highest BCUT2D eigenvalue weighted by Crippen LogP contribution is 2.24. The summed E-state index contributed by atoms with van der Waals surface area (Å²) in [4.78, 5) is 0. The molecule has 0 saturated carbocycles. The molecule has 0 fully saturated rings. The summed E-state index contributed by atoms with van der Waals surface area (Å²) in [5, 5.41) is 3.27. The van der Waals surface area contributed by atoms with Gasteiger partial charge in [0.05, 0.1) is 5.69 Å². The Labute approximate surface area is 122 Å². The highest BCUT2D eigenvalue weighted by atomic mass is 79.9. The molecule has 0 saturated heterocycles. The molecule has 3 heteroatoms. The van der Waals surface area contributed by atoms with Crippen LogP contribution in [-0.4, -0.2) is 0 Å². The molecule has 1 nitrogen and oxygen atoms in total. The van der Waals surface area contributed by atoms with Crippen molar-refractivity contribution in [2.45, 2.75) is 27.3 Å². The van der Waals surface area contributed by atoms with Crippen LogP contribution in [0.25, 0.3) is 0 Å². The summed E-state index contributed by atoms with van der Waals surface area (Å²) in [6, 6.07) is 9.03. The molecule has 0 aliphatic heterocycles. The van der Waals surface area contributed by atoms with Gasteiger partial charge in [-0.2, -0.15) is 0 Å². The lowest BCUT2D eigenvalue weighted by Gasteiger charge is -2.13. The van der Waals surface area contributed by atoms with Gasteiger partial charge in [-0.25, -0.2) is 4.39 Å². The fourth-order valence-electron chi connectivity index (χ4n) is 2.03. The van der Waals surface area contributed by atoms with Crippen LogP contribution in [0.2, 0.25) is 0 Å². The molecule has 0 spiro atoms. The molecule has 1 N–H and O–H groups in total. The van der Waals surface area contributed by atoms with E-state index < -0.39 is 0 Å². The van der Waals surface area contributed by atoms with Crippen LogP contribution in [0.5, 0.6) is 0 Å². The van der Waals surface area contributed by atoms with Crippen molar-refractivity contribution in [3.05, 3.63) is 62.9 Å². The molecular formula is C16H17BrFN. The first-order valence-corrected chi connectivity index (χ1v) is 7.02. The zero-order chi connectivity index (χ0) is 14.0. The molecule has 0 bridgehead atoms. The van der Waals surface area contributed by atoms with Gasteiger partial charge in [-0.05, 0) is 77.2 Å². The first-order chi connectivity index (χ1) is 8.97. The third-order valence-electron chi connectivity index (χ3n) is 3.35. The zero-order valence-corrected chi connectivity index (χ0v) is 12.9. The van der Waals surface area contributed by atoms with E-state index in [1.807, 2.05) is 0 Å². The Hall–Kier alpha value is -1.35. The Balaban J connectivity index is 2.19. The average Bonchev–Trinajstić information content (AvgIpc) is 2.36. The summed E-state index contributed by atoms with van der Waals surface area (Å²) in [5.74, 6) is -0.234. The molecule has 0 aliphatic carbocycles. The molecule has 0 amide bonds. The average molecular weight is 322 g/mol. The second-order valence-electron chi connectivity index (χ2n) is 4.84. The lowest BCUT2D eigenvalue weighted by atomic mass is 10.0. The van der Waals surface area contributed by atoms with Crippen LogP contribution >= 0.6 is 15.9 Å². The number of aryl methyl sites for hydroxylation is 3. The Morgan fingerprint density at radius 3 is 2.42 bits per heavy atom. The van der Waals surface area contributed by atoms with Crippen LogP contribution in [0, 0.1) is 26.6 Å². The minimum Gasteiger partial charge on any atom is -0.380 e. The fraction of sp³-hybridized carbons (Fsp3) is 0.250. The number of rotatable bonds is 3. The summed E-state index contributed by atoms with van der Waals surface area (Å²) in [7, 11) is 0. The molecule has 100 valence electrons. The third kappa shape index (κ3) is 3.35. The Bertz CT molecular complexity index is 608. The monoisotopic (exact) mass is 321 g/mol. The lowest BCUT2D eigenvalue weighted by Crippen LogP contribution is -2.03. The first kappa shape index (κ1) is 14.1. The van der Waals surface area contributed by atoms with Crippen LogP contribution in [-0.2, 0) is 6.54 Å². The van der Waals surface area contributed by atoms with Gasteiger partial charge in [-0.1, -0.05) is 12.1 Å². The Morgan fingerprint density at radius 2 is 1.68 bits per heavy atom. The summed E-state index contributed by atoms with van der Waals surface area (Å²) in [6.45, 7) is 7.01. The predicted octanol–water partition coefficient (Wildman–Crippen LogP) is 5.13. The van der Waals surface area contributed by atoms with Crippen molar-refractivity contribution in [3.63, 3.8) is 0 Å². The maximum Gasteiger partial charge on any atom is 0.125 e. The van der Waals surface area contributed by atoms with Crippen LogP contribution in [0.4, 0.5) is 10.1 Å². The first-order valence-electron chi connectivity index (χ1n) is 6.23. The van der Waals surface area contributed by atoms with E-state index >= 15 is 0 Å². The largest absolute Gasteiger partial charge is 0.380 e. The van der Waals surface area contributed by atoms with Crippen LogP contribution in [0.3, 0.4) is 0 Å². The number of halogens is 2. The van der Waals surface area contributed by atoms with E-state index in [0.29, 0.717) is 6.54 Å². The quantitative estimate of drug-likeness (QED) is 0.826. The van der Waals surface area contributed by atoms with Crippen molar-refractivity contribution < 1.29 is 4.39 Å². The third-order valence-corrected chi connectivity index (χ3v) is 4.04. The summed E-state index contributed by atoms with van der Waals surface area (Å²) in [6.07, 6.45) is 0. The summed E-state index contributed by atoms with van der Waals surface area (Å²) < 4.78 is 14.1. The van der Waals surface area contributed by atoms with Crippen molar-refractivity contribution in [2.24, 2.45) is 0 Å². The molecular weight excluding hydrogens is 305 g/mol. The topological polar surface area (TPSA) is 12.0 Å². The Morgan fingerprint density at radius 1 is 1.00 bits per heavy atom. The van der Waals surface area contributed by atoms with Gasteiger partial charge in [0.25, 0.3) is 0 Å². The number of benzene rings is 2.